The predicted molar refractivity (Wildman–Crippen MR) is 149 cm³/mol. The highest BCUT2D eigenvalue weighted by atomic mass is 19.2. The van der Waals surface area contributed by atoms with E-state index in [2.05, 4.69) is 15.6 Å². The normalized spacial score (nSPS) is 16.8. The van der Waals surface area contributed by atoms with Crippen molar-refractivity contribution in [2.75, 3.05) is 32.0 Å². The van der Waals surface area contributed by atoms with E-state index < -0.39 is 17.3 Å². The summed E-state index contributed by atoms with van der Waals surface area (Å²) in [6.07, 6.45) is 7.02. The second kappa shape index (κ2) is 11.7. The number of rotatable bonds is 9. The van der Waals surface area contributed by atoms with Gasteiger partial charge < -0.3 is 24.8 Å². The van der Waals surface area contributed by atoms with Crippen LogP contribution in [-0.4, -0.2) is 32.3 Å². The molecule has 1 saturated carbocycles. The Balaban J connectivity index is 1.58. The van der Waals surface area contributed by atoms with Crippen molar-refractivity contribution in [1.82, 2.24) is 4.98 Å². The lowest BCUT2D eigenvalue weighted by atomic mass is 9.69. The Labute approximate surface area is 233 Å². The van der Waals surface area contributed by atoms with Crippen molar-refractivity contribution >= 4 is 17.3 Å². The number of nitrogens with one attached hydrogen (secondary N) is 2. The van der Waals surface area contributed by atoms with Crippen LogP contribution < -0.4 is 20.1 Å². The first kappa shape index (κ1) is 27.7. The zero-order chi connectivity index (χ0) is 28.3. The van der Waals surface area contributed by atoms with E-state index >= 15 is 0 Å². The number of pyridine rings is 1. The molecular formula is C31H35F2N3O4. The highest BCUT2D eigenvalue weighted by molar-refractivity contribution is 5.89. The van der Waals surface area contributed by atoms with Crippen LogP contribution in [0.3, 0.4) is 0 Å². The fourth-order valence-corrected chi connectivity index (χ4v) is 6.31. The molecule has 2 N–H and O–H groups in total. The number of aryl methyl sites for hydroxylation is 1. The minimum absolute atomic E-state index is 0.00398. The van der Waals surface area contributed by atoms with Crippen LogP contribution in [0.1, 0.15) is 60.0 Å². The van der Waals surface area contributed by atoms with E-state index in [1.807, 2.05) is 18.2 Å². The molecule has 1 fully saturated rings. The van der Waals surface area contributed by atoms with Crippen molar-refractivity contribution in [3.8, 4) is 11.8 Å². The summed E-state index contributed by atoms with van der Waals surface area (Å²) in [5.41, 5.74) is 2.35. The Hall–Kier alpha value is -3.88. The molecule has 3 aromatic rings. The van der Waals surface area contributed by atoms with Crippen LogP contribution in [-0.2, 0) is 16.8 Å². The molecule has 7 nitrogen and oxygen atoms in total. The number of methoxy groups -OCH3 is 3. The fourth-order valence-electron chi connectivity index (χ4n) is 6.31. The lowest BCUT2D eigenvalue weighted by molar-refractivity contribution is 0.0600. The zero-order valence-electron chi connectivity index (χ0n) is 23.1. The monoisotopic (exact) mass is 551 g/mol. The molecule has 2 aliphatic rings. The number of benzene rings is 2. The minimum Gasteiger partial charge on any atom is -0.481 e. The molecule has 0 radical (unpaired) electrons. The zero-order valence-corrected chi connectivity index (χ0v) is 23.1. The molecule has 0 spiro atoms. The molecule has 2 aromatic carbocycles. The number of ether oxygens (including phenoxy) is 3. The van der Waals surface area contributed by atoms with Crippen molar-refractivity contribution in [3.05, 3.63) is 76.9 Å². The summed E-state index contributed by atoms with van der Waals surface area (Å²) >= 11 is 0. The third-order valence-corrected chi connectivity index (χ3v) is 8.28. The largest absolute Gasteiger partial charge is 0.481 e. The third kappa shape index (κ3) is 5.29. The van der Waals surface area contributed by atoms with Crippen LogP contribution in [0.4, 0.5) is 20.2 Å². The predicted octanol–water partition coefficient (Wildman–Crippen LogP) is 6.68. The summed E-state index contributed by atoms with van der Waals surface area (Å²) in [6, 6.07) is 13.5. The number of fused-ring (bicyclic) bond motifs is 1. The molecule has 0 saturated heterocycles. The van der Waals surface area contributed by atoms with Crippen LogP contribution in [0.2, 0.25) is 0 Å². The average Bonchev–Trinajstić information content (AvgIpc) is 3.36. The Morgan fingerprint density at radius 2 is 1.60 bits per heavy atom. The highest BCUT2D eigenvalue weighted by Gasteiger charge is 2.50. The van der Waals surface area contributed by atoms with Crippen molar-refractivity contribution in [2.24, 2.45) is 11.8 Å². The Morgan fingerprint density at radius 1 is 0.950 bits per heavy atom. The Morgan fingerprint density at radius 3 is 2.17 bits per heavy atom. The maximum Gasteiger partial charge on any atom is 0.337 e. The second-order valence-electron chi connectivity index (χ2n) is 10.5. The molecule has 1 aliphatic heterocycles. The summed E-state index contributed by atoms with van der Waals surface area (Å²) in [5.74, 6) is -1.09. The van der Waals surface area contributed by atoms with Crippen LogP contribution in [0.25, 0.3) is 0 Å². The minimum atomic E-state index is -0.943. The number of carbonyl (C=O) groups excluding carboxylic acids is 1. The summed E-state index contributed by atoms with van der Waals surface area (Å²) in [5, 5.41) is 7.14. The number of halogens is 2. The van der Waals surface area contributed by atoms with Crippen LogP contribution in [0.5, 0.6) is 11.8 Å². The van der Waals surface area contributed by atoms with Crippen LogP contribution in [0.15, 0.2) is 48.5 Å². The number of hydrogen-bond acceptors (Lipinski definition) is 7. The first-order valence-electron chi connectivity index (χ1n) is 13.7. The summed E-state index contributed by atoms with van der Waals surface area (Å²) in [4.78, 5) is 16.5. The van der Waals surface area contributed by atoms with Crippen LogP contribution >= 0.6 is 0 Å². The molecule has 5 rings (SSSR count). The SMILES string of the molecule is COC(=O)c1ccc(CCC(C2CCCCC2)C2(c3ccc(OC)nc3OC)Nc3cc(F)c(F)cc3N2)cc1. The van der Waals surface area contributed by atoms with E-state index in [1.165, 1.54) is 25.7 Å². The van der Waals surface area contributed by atoms with Gasteiger partial charge in [0, 0.05) is 24.1 Å². The maximum absolute atomic E-state index is 14.4. The van der Waals surface area contributed by atoms with Gasteiger partial charge in [0.2, 0.25) is 11.8 Å². The number of aromatic nitrogens is 1. The van der Waals surface area contributed by atoms with Gasteiger partial charge in [0.1, 0.15) is 5.66 Å². The molecule has 212 valence electrons. The number of nitrogens with zero attached hydrogens (tertiary/aromatic N) is 1. The van der Waals surface area contributed by atoms with Gasteiger partial charge >= 0.3 is 5.97 Å². The van der Waals surface area contributed by atoms with E-state index in [0.29, 0.717) is 34.6 Å². The van der Waals surface area contributed by atoms with Gasteiger partial charge in [0.05, 0.1) is 43.8 Å². The first-order chi connectivity index (χ1) is 19.4. The van der Waals surface area contributed by atoms with Crippen molar-refractivity contribution in [1.29, 1.82) is 0 Å². The molecule has 40 heavy (non-hydrogen) atoms. The average molecular weight is 552 g/mol. The fraction of sp³-hybridized carbons (Fsp3) is 0.419. The van der Waals surface area contributed by atoms with Gasteiger partial charge in [-0.05, 0) is 42.5 Å². The second-order valence-corrected chi connectivity index (χ2v) is 10.5. The van der Waals surface area contributed by atoms with Gasteiger partial charge in [-0.15, -0.1) is 0 Å². The maximum atomic E-state index is 14.4. The van der Waals surface area contributed by atoms with Gasteiger partial charge in [0.15, 0.2) is 11.6 Å². The first-order valence-corrected chi connectivity index (χ1v) is 13.7. The smallest absolute Gasteiger partial charge is 0.337 e. The summed E-state index contributed by atoms with van der Waals surface area (Å²) < 4.78 is 44.7. The molecule has 0 amide bonds. The van der Waals surface area contributed by atoms with E-state index in [9.17, 15) is 13.6 Å². The quantitative estimate of drug-likeness (QED) is 0.287. The summed E-state index contributed by atoms with van der Waals surface area (Å²) in [6.45, 7) is 0. The van der Waals surface area contributed by atoms with E-state index in [4.69, 9.17) is 14.2 Å². The molecule has 9 heteroatoms. The van der Waals surface area contributed by atoms with Gasteiger partial charge in [-0.25, -0.2) is 13.6 Å². The topological polar surface area (TPSA) is 81.7 Å². The molecule has 1 aromatic heterocycles. The molecule has 2 heterocycles. The number of esters is 1. The van der Waals surface area contributed by atoms with Gasteiger partial charge in [-0.3, -0.25) is 0 Å². The molecule has 1 unspecified atom stereocenters. The van der Waals surface area contributed by atoms with Crippen LogP contribution in [0, 0.1) is 23.5 Å². The summed E-state index contributed by atoms with van der Waals surface area (Å²) in [7, 11) is 4.46. The van der Waals surface area contributed by atoms with E-state index in [1.54, 1.807) is 32.4 Å². The number of carbonyl (C=O) groups is 1. The van der Waals surface area contributed by atoms with Crippen molar-refractivity contribution in [3.63, 3.8) is 0 Å². The molecule has 0 bridgehead atoms. The molecule has 1 atom stereocenters. The standard InChI is InChI=1S/C31H35F2N3O4/c1-38-28-16-15-23(29(34-28)39-2)31(35-26-17-24(32)25(33)18-27(26)36-31)22(20-7-5-4-6-8-20)14-11-19-9-12-21(13-10-19)30(37)40-3/h9-10,12-13,15-18,20,22,35-36H,4-8,11,14H2,1-3H3. The third-order valence-electron chi connectivity index (χ3n) is 8.28. The molecule has 1 aliphatic carbocycles. The number of anilines is 2. The highest BCUT2D eigenvalue weighted by Crippen LogP contribution is 2.52. The van der Waals surface area contributed by atoms with Crippen molar-refractivity contribution in [2.45, 2.75) is 50.6 Å². The van der Waals surface area contributed by atoms with Gasteiger partial charge in [-0.1, -0.05) is 44.2 Å². The van der Waals surface area contributed by atoms with E-state index in [-0.39, 0.29) is 11.9 Å². The number of hydrogen-bond donors (Lipinski definition) is 2. The van der Waals surface area contributed by atoms with Crippen molar-refractivity contribution < 1.29 is 27.8 Å². The van der Waals surface area contributed by atoms with E-state index in [0.717, 1.165) is 49.7 Å². The Kier molecular flexibility index (Phi) is 8.09. The van der Waals surface area contributed by atoms with Gasteiger partial charge in [-0.2, -0.15) is 4.98 Å². The molecular weight excluding hydrogens is 516 g/mol. The lowest BCUT2D eigenvalue weighted by Gasteiger charge is -2.44. The Bertz CT molecular complexity index is 1330. The lowest BCUT2D eigenvalue weighted by Crippen LogP contribution is -2.50. The van der Waals surface area contributed by atoms with Gasteiger partial charge in [0.25, 0.3) is 0 Å².